The summed E-state index contributed by atoms with van der Waals surface area (Å²) in [5, 5.41) is 3.79. The summed E-state index contributed by atoms with van der Waals surface area (Å²) in [6, 6.07) is 0.779. The van der Waals surface area contributed by atoms with Crippen LogP contribution in [-0.2, 0) is 0 Å². The zero-order valence-electron chi connectivity index (χ0n) is 7.53. The Hall–Kier alpha value is -0.0400. The van der Waals surface area contributed by atoms with Gasteiger partial charge in [0.1, 0.15) is 0 Å². The highest BCUT2D eigenvalue weighted by Gasteiger charge is 2.36. The van der Waals surface area contributed by atoms with Crippen LogP contribution in [0.25, 0.3) is 0 Å². The van der Waals surface area contributed by atoms with Gasteiger partial charge in [-0.1, -0.05) is 19.3 Å². The molecule has 0 unspecified atom stereocenters. The van der Waals surface area contributed by atoms with E-state index in [1.165, 1.54) is 44.9 Å². The molecule has 1 saturated carbocycles. The van der Waals surface area contributed by atoms with Gasteiger partial charge in [-0.25, -0.2) is 0 Å². The van der Waals surface area contributed by atoms with Crippen molar-refractivity contribution < 1.29 is 0 Å². The molecule has 11 heavy (non-hydrogen) atoms. The Morgan fingerprint density at radius 1 is 1.09 bits per heavy atom. The van der Waals surface area contributed by atoms with Crippen molar-refractivity contribution in [2.75, 3.05) is 0 Å². The predicted octanol–water partition coefficient (Wildman–Crippen LogP) is 2.46. The maximum atomic E-state index is 3.79. The fourth-order valence-electron chi connectivity index (χ4n) is 2.86. The molecule has 0 aromatic rings. The molecule has 1 spiro atoms. The van der Waals surface area contributed by atoms with Gasteiger partial charge in [-0.15, -0.1) is 0 Å². The highest BCUT2D eigenvalue weighted by molar-refractivity contribution is 4.96. The zero-order chi connectivity index (χ0) is 7.73. The first-order valence-corrected chi connectivity index (χ1v) is 5.08. The third-order valence-corrected chi connectivity index (χ3v) is 3.41. The largest absolute Gasteiger partial charge is 0.309 e. The molecule has 0 radical (unpaired) electrons. The molecule has 1 atom stereocenters. The van der Waals surface area contributed by atoms with Gasteiger partial charge in [0.2, 0.25) is 0 Å². The van der Waals surface area contributed by atoms with Crippen molar-refractivity contribution >= 4 is 0 Å². The summed E-state index contributed by atoms with van der Waals surface area (Å²) in [5.74, 6) is 0. The summed E-state index contributed by atoms with van der Waals surface area (Å²) in [7, 11) is 0. The number of hydrogen-bond donors (Lipinski definition) is 1. The van der Waals surface area contributed by atoms with Crippen LogP contribution in [0.2, 0.25) is 0 Å². The van der Waals surface area contributed by atoms with E-state index in [1.807, 2.05) is 0 Å². The fraction of sp³-hybridized carbons (Fsp3) is 1.00. The van der Waals surface area contributed by atoms with Gasteiger partial charge in [-0.2, -0.15) is 0 Å². The first-order valence-electron chi connectivity index (χ1n) is 5.08. The van der Waals surface area contributed by atoms with Crippen molar-refractivity contribution in [1.29, 1.82) is 0 Å². The molecule has 1 aliphatic carbocycles. The van der Waals surface area contributed by atoms with Gasteiger partial charge in [-0.3, -0.25) is 0 Å². The molecule has 1 saturated heterocycles. The molecule has 2 aliphatic rings. The average molecular weight is 153 g/mol. The van der Waals surface area contributed by atoms with E-state index < -0.39 is 0 Å². The van der Waals surface area contributed by atoms with Crippen LogP contribution in [0, 0.1) is 0 Å². The van der Waals surface area contributed by atoms with E-state index in [0.29, 0.717) is 5.54 Å². The number of nitrogens with one attached hydrogen (secondary N) is 1. The Balaban J connectivity index is 2.00. The van der Waals surface area contributed by atoms with Crippen LogP contribution < -0.4 is 5.32 Å². The van der Waals surface area contributed by atoms with Crippen LogP contribution in [0.5, 0.6) is 0 Å². The van der Waals surface area contributed by atoms with Crippen molar-refractivity contribution in [3.63, 3.8) is 0 Å². The Morgan fingerprint density at radius 3 is 2.36 bits per heavy atom. The third-order valence-electron chi connectivity index (χ3n) is 3.41. The van der Waals surface area contributed by atoms with E-state index in [4.69, 9.17) is 0 Å². The molecule has 1 aliphatic heterocycles. The molecular formula is C10H19N. The van der Waals surface area contributed by atoms with Crippen molar-refractivity contribution in [2.24, 2.45) is 0 Å². The Kier molecular flexibility index (Phi) is 1.92. The molecule has 1 nitrogen and oxygen atoms in total. The van der Waals surface area contributed by atoms with Gasteiger partial charge in [0.25, 0.3) is 0 Å². The van der Waals surface area contributed by atoms with Gasteiger partial charge in [0.05, 0.1) is 0 Å². The van der Waals surface area contributed by atoms with Crippen LogP contribution in [0.1, 0.15) is 51.9 Å². The van der Waals surface area contributed by atoms with Crippen LogP contribution in [0.15, 0.2) is 0 Å². The highest BCUT2D eigenvalue weighted by Crippen LogP contribution is 2.37. The van der Waals surface area contributed by atoms with Gasteiger partial charge < -0.3 is 5.32 Å². The lowest BCUT2D eigenvalue weighted by Crippen LogP contribution is -2.50. The maximum absolute atomic E-state index is 3.79. The van der Waals surface area contributed by atoms with E-state index in [9.17, 15) is 0 Å². The van der Waals surface area contributed by atoms with E-state index in [0.717, 1.165) is 6.04 Å². The third kappa shape index (κ3) is 1.44. The minimum absolute atomic E-state index is 0.595. The molecule has 0 aromatic heterocycles. The van der Waals surface area contributed by atoms with Gasteiger partial charge in [0, 0.05) is 11.6 Å². The summed E-state index contributed by atoms with van der Waals surface area (Å²) in [4.78, 5) is 0. The summed E-state index contributed by atoms with van der Waals surface area (Å²) < 4.78 is 0. The predicted molar refractivity (Wildman–Crippen MR) is 47.6 cm³/mol. The van der Waals surface area contributed by atoms with E-state index in [1.54, 1.807) is 0 Å². The minimum Gasteiger partial charge on any atom is -0.309 e. The molecule has 2 fully saturated rings. The normalized spacial score (nSPS) is 36.3. The standard InChI is InChI=1S/C10H19N/c1-9-5-4-8-10(11-9)6-2-3-7-10/h9,11H,2-8H2,1H3/t9-/m0/s1. The van der Waals surface area contributed by atoms with Crippen LogP contribution in [-0.4, -0.2) is 11.6 Å². The van der Waals surface area contributed by atoms with Gasteiger partial charge >= 0.3 is 0 Å². The number of hydrogen-bond acceptors (Lipinski definition) is 1. The molecule has 1 N–H and O–H groups in total. The lowest BCUT2D eigenvalue weighted by Gasteiger charge is -2.38. The summed E-state index contributed by atoms with van der Waals surface area (Å²) >= 11 is 0. The summed E-state index contributed by atoms with van der Waals surface area (Å²) in [6.07, 6.45) is 10.1. The maximum Gasteiger partial charge on any atom is 0.0184 e. The first kappa shape index (κ1) is 7.60. The van der Waals surface area contributed by atoms with Crippen LogP contribution in [0.3, 0.4) is 0 Å². The second-order valence-electron chi connectivity index (χ2n) is 4.43. The highest BCUT2D eigenvalue weighted by atomic mass is 15.0. The molecule has 0 aromatic carbocycles. The fourth-order valence-corrected chi connectivity index (χ4v) is 2.86. The Morgan fingerprint density at radius 2 is 1.73 bits per heavy atom. The van der Waals surface area contributed by atoms with Gasteiger partial charge in [-0.05, 0) is 32.6 Å². The second-order valence-corrected chi connectivity index (χ2v) is 4.43. The topological polar surface area (TPSA) is 12.0 Å². The molecule has 1 heteroatoms. The van der Waals surface area contributed by atoms with Gasteiger partial charge in [0.15, 0.2) is 0 Å². The molecule has 0 amide bonds. The number of rotatable bonds is 0. The minimum atomic E-state index is 0.595. The Labute approximate surface area is 69.6 Å². The molecule has 1 heterocycles. The van der Waals surface area contributed by atoms with Crippen molar-refractivity contribution in [2.45, 2.75) is 63.5 Å². The summed E-state index contributed by atoms with van der Waals surface area (Å²) in [6.45, 7) is 2.33. The van der Waals surface area contributed by atoms with Crippen LogP contribution in [0.4, 0.5) is 0 Å². The number of piperidine rings is 1. The molecule has 64 valence electrons. The van der Waals surface area contributed by atoms with E-state index >= 15 is 0 Å². The lowest BCUT2D eigenvalue weighted by atomic mass is 9.85. The molecule has 0 bridgehead atoms. The summed E-state index contributed by atoms with van der Waals surface area (Å²) in [5.41, 5.74) is 0.595. The quantitative estimate of drug-likeness (QED) is 0.563. The SMILES string of the molecule is C[C@H]1CCCC2(CCCC2)N1. The lowest BCUT2D eigenvalue weighted by molar-refractivity contribution is 0.218. The van der Waals surface area contributed by atoms with E-state index in [-0.39, 0.29) is 0 Å². The smallest absolute Gasteiger partial charge is 0.0184 e. The Bertz CT molecular complexity index is 136. The molecule has 2 rings (SSSR count). The van der Waals surface area contributed by atoms with Crippen molar-refractivity contribution in [3.05, 3.63) is 0 Å². The second kappa shape index (κ2) is 2.78. The van der Waals surface area contributed by atoms with Crippen molar-refractivity contribution in [1.82, 2.24) is 5.32 Å². The van der Waals surface area contributed by atoms with Crippen LogP contribution >= 0.6 is 0 Å². The zero-order valence-corrected chi connectivity index (χ0v) is 7.53. The first-order chi connectivity index (χ1) is 5.31. The average Bonchev–Trinajstić information content (AvgIpc) is 2.37. The van der Waals surface area contributed by atoms with Crippen molar-refractivity contribution in [3.8, 4) is 0 Å². The molecular weight excluding hydrogens is 134 g/mol. The monoisotopic (exact) mass is 153 g/mol. The van der Waals surface area contributed by atoms with E-state index in [2.05, 4.69) is 12.2 Å².